The number of nitrogens with zero attached hydrogens (tertiary/aromatic N) is 1. The van der Waals surface area contributed by atoms with Gasteiger partial charge < -0.3 is 4.74 Å². The first-order chi connectivity index (χ1) is 16.3. The SMILES string of the molecule is Cc1ccc([C@H]2OC3(C(=O)c4ccccc4C3=O)[C@H]3C(=O)N(c4ccc(I)cc4)C(=O)[C@@H]23)cc1. The van der Waals surface area contributed by atoms with Crippen LogP contribution in [0.1, 0.15) is 37.9 Å². The van der Waals surface area contributed by atoms with Gasteiger partial charge in [0.1, 0.15) is 0 Å². The Morgan fingerprint density at radius 1 is 0.794 bits per heavy atom. The number of amides is 2. The van der Waals surface area contributed by atoms with Crippen LogP contribution in [0.3, 0.4) is 0 Å². The molecular formula is C27H18INO5. The molecular weight excluding hydrogens is 545 g/mol. The lowest BCUT2D eigenvalue weighted by Gasteiger charge is -2.27. The molecule has 2 saturated heterocycles. The van der Waals surface area contributed by atoms with E-state index in [0.29, 0.717) is 11.3 Å². The van der Waals surface area contributed by atoms with Crippen LogP contribution in [0.2, 0.25) is 0 Å². The fourth-order valence-corrected chi connectivity index (χ4v) is 5.78. The number of halogens is 1. The minimum atomic E-state index is -2.05. The molecule has 2 fully saturated rings. The van der Waals surface area contributed by atoms with Crippen molar-refractivity contribution in [3.63, 3.8) is 0 Å². The summed E-state index contributed by atoms with van der Waals surface area (Å²) in [6.07, 6.45) is -0.905. The fourth-order valence-electron chi connectivity index (χ4n) is 5.42. The summed E-state index contributed by atoms with van der Waals surface area (Å²) < 4.78 is 7.24. The number of aryl methyl sites for hydroxylation is 1. The van der Waals surface area contributed by atoms with Gasteiger partial charge in [-0.2, -0.15) is 0 Å². The van der Waals surface area contributed by atoms with Gasteiger partial charge in [-0.05, 0) is 59.3 Å². The standard InChI is InChI=1S/C27H18INO5/c1-14-6-8-15(9-7-14)22-20-21(26(33)29(25(20)32)17-12-10-16(28)11-13-17)27(34-22)23(30)18-4-2-3-5-19(18)24(27)31/h2-13,20-22H,1H3/t20-,21-,22-/m1/s1. The lowest BCUT2D eigenvalue weighted by atomic mass is 9.77. The van der Waals surface area contributed by atoms with Gasteiger partial charge in [-0.25, -0.2) is 4.90 Å². The third-order valence-corrected chi connectivity index (χ3v) is 7.73. The molecule has 0 aromatic heterocycles. The summed E-state index contributed by atoms with van der Waals surface area (Å²) in [6.45, 7) is 1.94. The van der Waals surface area contributed by atoms with Crippen molar-refractivity contribution in [3.05, 3.63) is 98.6 Å². The summed E-state index contributed by atoms with van der Waals surface area (Å²) in [4.78, 5) is 56.1. The van der Waals surface area contributed by atoms with Crippen molar-refractivity contribution >= 4 is 51.7 Å². The van der Waals surface area contributed by atoms with Crippen molar-refractivity contribution < 1.29 is 23.9 Å². The fraction of sp³-hybridized carbons (Fsp3) is 0.185. The lowest BCUT2D eigenvalue weighted by Crippen LogP contribution is -2.51. The smallest absolute Gasteiger partial charge is 0.241 e. The Balaban J connectivity index is 1.54. The van der Waals surface area contributed by atoms with Crippen molar-refractivity contribution in [2.45, 2.75) is 18.6 Å². The van der Waals surface area contributed by atoms with Crippen LogP contribution in [0.15, 0.2) is 72.8 Å². The largest absolute Gasteiger partial charge is 0.349 e. The predicted octanol–water partition coefficient (Wildman–Crippen LogP) is 4.29. The summed E-state index contributed by atoms with van der Waals surface area (Å²) in [6, 6.07) is 20.9. The monoisotopic (exact) mass is 563 g/mol. The molecule has 6 rings (SSSR count). The van der Waals surface area contributed by atoms with Crippen LogP contribution < -0.4 is 4.90 Å². The molecule has 2 amide bonds. The van der Waals surface area contributed by atoms with Crippen LogP contribution in [-0.2, 0) is 14.3 Å². The number of carbonyl (C=O) groups is 4. The molecule has 3 aromatic rings. The number of hydrogen-bond donors (Lipinski definition) is 0. The zero-order valence-electron chi connectivity index (χ0n) is 18.0. The van der Waals surface area contributed by atoms with Gasteiger partial charge in [0, 0.05) is 14.7 Å². The van der Waals surface area contributed by atoms with E-state index in [1.807, 2.05) is 31.2 Å². The maximum Gasteiger partial charge on any atom is 0.241 e. The lowest BCUT2D eigenvalue weighted by molar-refractivity contribution is -0.127. The van der Waals surface area contributed by atoms with Crippen LogP contribution in [0, 0.1) is 22.3 Å². The summed E-state index contributed by atoms with van der Waals surface area (Å²) in [7, 11) is 0. The van der Waals surface area contributed by atoms with Crippen LogP contribution in [-0.4, -0.2) is 29.0 Å². The maximum atomic E-state index is 13.8. The Morgan fingerprint density at radius 3 is 1.97 bits per heavy atom. The first-order valence-electron chi connectivity index (χ1n) is 10.9. The van der Waals surface area contributed by atoms with Crippen LogP contribution in [0.4, 0.5) is 5.69 Å². The zero-order valence-corrected chi connectivity index (χ0v) is 20.2. The van der Waals surface area contributed by atoms with Crippen molar-refractivity contribution in [1.82, 2.24) is 0 Å². The maximum absolute atomic E-state index is 13.8. The van der Waals surface area contributed by atoms with E-state index in [4.69, 9.17) is 4.74 Å². The number of rotatable bonds is 2. The minimum absolute atomic E-state index is 0.226. The molecule has 3 aromatic carbocycles. The third-order valence-electron chi connectivity index (χ3n) is 7.01. The van der Waals surface area contributed by atoms with Crippen LogP contribution in [0.25, 0.3) is 0 Å². The van der Waals surface area contributed by atoms with E-state index in [-0.39, 0.29) is 11.1 Å². The van der Waals surface area contributed by atoms with E-state index in [0.717, 1.165) is 14.0 Å². The number of ether oxygens (including phenoxy) is 1. The Hall–Kier alpha value is -3.17. The van der Waals surface area contributed by atoms with Gasteiger partial charge in [0.2, 0.25) is 29.0 Å². The second kappa shape index (κ2) is 7.41. The highest BCUT2D eigenvalue weighted by Gasteiger charge is 2.74. The van der Waals surface area contributed by atoms with E-state index in [9.17, 15) is 19.2 Å². The van der Waals surface area contributed by atoms with Crippen molar-refractivity contribution in [1.29, 1.82) is 0 Å². The number of hydrogen-bond acceptors (Lipinski definition) is 5. The molecule has 3 atom stereocenters. The van der Waals surface area contributed by atoms with Crippen molar-refractivity contribution in [2.24, 2.45) is 11.8 Å². The molecule has 1 spiro atoms. The molecule has 34 heavy (non-hydrogen) atoms. The summed E-state index contributed by atoms with van der Waals surface area (Å²) in [5, 5.41) is 0. The van der Waals surface area contributed by atoms with Gasteiger partial charge in [0.15, 0.2) is 0 Å². The minimum Gasteiger partial charge on any atom is -0.349 e. The number of anilines is 1. The van der Waals surface area contributed by atoms with Gasteiger partial charge >= 0.3 is 0 Å². The quantitative estimate of drug-likeness (QED) is 0.264. The topological polar surface area (TPSA) is 80.8 Å². The molecule has 0 N–H and O–H groups in total. The van der Waals surface area contributed by atoms with Crippen LogP contribution >= 0.6 is 22.6 Å². The third kappa shape index (κ3) is 2.71. The Labute approximate surface area is 209 Å². The number of benzene rings is 3. The molecule has 168 valence electrons. The molecule has 6 nitrogen and oxygen atoms in total. The summed E-state index contributed by atoms with van der Waals surface area (Å²) in [5.74, 6) is -4.38. The van der Waals surface area contributed by atoms with E-state index in [1.54, 1.807) is 48.5 Å². The summed E-state index contributed by atoms with van der Waals surface area (Å²) >= 11 is 2.14. The summed E-state index contributed by atoms with van der Waals surface area (Å²) in [5.41, 5.74) is 0.488. The second-order valence-electron chi connectivity index (χ2n) is 8.88. The van der Waals surface area contributed by atoms with Gasteiger partial charge in [0.05, 0.1) is 23.6 Å². The molecule has 0 saturated carbocycles. The average Bonchev–Trinajstić information content (AvgIpc) is 3.40. The number of Topliss-reactive ketones (excluding diaryl/α,β-unsaturated/α-hetero) is 2. The molecule has 1 aliphatic carbocycles. The molecule has 2 aliphatic heterocycles. The first-order valence-corrected chi connectivity index (χ1v) is 12.0. The van der Waals surface area contributed by atoms with Gasteiger partial charge in [-0.15, -0.1) is 0 Å². The van der Waals surface area contributed by atoms with Gasteiger partial charge in [0.25, 0.3) is 0 Å². The number of carbonyl (C=O) groups excluding carboxylic acids is 4. The predicted molar refractivity (Wildman–Crippen MR) is 131 cm³/mol. The van der Waals surface area contributed by atoms with E-state index in [2.05, 4.69) is 22.6 Å². The van der Waals surface area contributed by atoms with Crippen LogP contribution in [0.5, 0.6) is 0 Å². The van der Waals surface area contributed by atoms with E-state index in [1.165, 1.54) is 0 Å². The van der Waals surface area contributed by atoms with Gasteiger partial charge in [-0.1, -0.05) is 54.1 Å². The average molecular weight is 563 g/mol. The zero-order chi connectivity index (χ0) is 23.8. The number of imide groups is 1. The second-order valence-corrected chi connectivity index (χ2v) is 10.1. The first kappa shape index (κ1) is 21.4. The Kier molecular flexibility index (Phi) is 4.66. The molecule has 0 bridgehead atoms. The molecule has 0 unspecified atom stereocenters. The highest BCUT2D eigenvalue weighted by Crippen LogP contribution is 2.57. The molecule has 3 aliphatic rings. The molecule has 0 radical (unpaired) electrons. The normalized spacial score (nSPS) is 24.8. The van der Waals surface area contributed by atoms with E-state index < -0.39 is 46.9 Å². The highest BCUT2D eigenvalue weighted by atomic mass is 127. The number of fused-ring (bicyclic) bond motifs is 3. The van der Waals surface area contributed by atoms with Crippen molar-refractivity contribution in [3.8, 4) is 0 Å². The van der Waals surface area contributed by atoms with Crippen molar-refractivity contribution in [2.75, 3.05) is 4.90 Å². The molecule has 2 heterocycles. The van der Waals surface area contributed by atoms with Gasteiger partial charge in [-0.3, -0.25) is 19.2 Å². The number of ketones is 2. The molecule has 7 heteroatoms. The Bertz CT molecular complexity index is 1360. The van der Waals surface area contributed by atoms with E-state index >= 15 is 0 Å². The Morgan fingerprint density at radius 2 is 1.38 bits per heavy atom. The highest BCUT2D eigenvalue weighted by molar-refractivity contribution is 14.1.